The Morgan fingerprint density at radius 1 is 0.889 bits per heavy atom. The molecule has 0 aliphatic rings. The smallest absolute Gasteiger partial charge is 0.159 e. The average Bonchev–Trinajstić information content (AvgIpc) is 2.71. The number of fused-ring (bicyclic) bond motifs is 1. The topological polar surface area (TPSA) is 37.8 Å². The van der Waals surface area contributed by atoms with Crippen LogP contribution >= 0.6 is 11.6 Å². The van der Waals surface area contributed by atoms with Crippen molar-refractivity contribution >= 4 is 22.4 Å². The van der Waals surface area contributed by atoms with E-state index in [1.54, 1.807) is 0 Å². The minimum atomic E-state index is 0.354. The first-order valence-corrected chi connectivity index (χ1v) is 10.2. The summed E-state index contributed by atoms with van der Waals surface area (Å²) in [6.07, 6.45) is 4.36. The monoisotopic (exact) mass is 383 g/mol. The van der Waals surface area contributed by atoms with E-state index in [1.807, 2.05) is 25.2 Å². The van der Waals surface area contributed by atoms with Gasteiger partial charge in [-0.1, -0.05) is 86.5 Å². The second-order valence-electron chi connectivity index (χ2n) is 6.74. The Morgan fingerprint density at radius 3 is 2.19 bits per heavy atom. The summed E-state index contributed by atoms with van der Waals surface area (Å²) in [7, 11) is 1.99. The molecule has 2 aromatic carbocycles. The maximum Gasteiger partial charge on any atom is 0.159 e. The highest BCUT2D eigenvalue weighted by Crippen LogP contribution is 2.31. The van der Waals surface area contributed by atoms with Crippen molar-refractivity contribution in [3.05, 3.63) is 71.0 Å². The van der Waals surface area contributed by atoms with Gasteiger partial charge in [-0.3, -0.25) is 0 Å². The molecule has 0 aliphatic heterocycles. The maximum atomic E-state index is 6.23. The lowest BCUT2D eigenvalue weighted by molar-refractivity contribution is 0.545. The molecule has 4 heteroatoms. The molecule has 0 radical (unpaired) electrons. The zero-order valence-corrected chi connectivity index (χ0v) is 17.3. The first-order chi connectivity index (χ1) is 13.2. The van der Waals surface area contributed by atoms with E-state index in [9.17, 15) is 0 Å². The molecule has 0 fully saturated rings. The van der Waals surface area contributed by atoms with Crippen molar-refractivity contribution in [1.29, 1.82) is 0 Å². The van der Waals surface area contributed by atoms with E-state index in [1.165, 1.54) is 12.0 Å². The SMILES string of the molecule is CCC.CNCCC(CCc1ccccc1)c1nnc(Cl)c2ccccc12. The molecule has 0 spiro atoms. The van der Waals surface area contributed by atoms with E-state index >= 15 is 0 Å². The quantitative estimate of drug-likeness (QED) is 0.541. The largest absolute Gasteiger partial charge is 0.320 e. The second-order valence-corrected chi connectivity index (χ2v) is 7.10. The Hall–Kier alpha value is -1.97. The van der Waals surface area contributed by atoms with Crippen molar-refractivity contribution < 1.29 is 0 Å². The number of nitrogens with one attached hydrogen (secondary N) is 1. The van der Waals surface area contributed by atoms with Crippen LogP contribution in [0.5, 0.6) is 0 Å². The van der Waals surface area contributed by atoms with Crippen LogP contribution in [-0.4, -0.2) is 23.8 Å². The normalized spacial score (nSPS) is 11.7. The summed E-state index contributed by atoms with van der Waals surface area (Å²) in [5.74, 6) is 0.354. The van der Waals surface area contributed by atoms with Gasteiger partial charge in [-0.25, -0.2) is 0 Å². The molecular formula is C23H30ClN3. The third-order valence-corrected chi connectivity index (χ3v) is 4.70. The fourth-order valence-electron chi connectivity index (χ4n) is 3.12. The van der Waals surface area contributed by atoms with Crippen molar-refractivity contribution in [2.45, 2.75) is 45.4 Å². The lowest BCUT2D eigenvalue weighted by Gasteiger charge is -2.18. The molecule has 0 amide bonds. The van der Waals surface area contributed by atoms with Gasteiger partial charge >= 0.3 is 0 Å². The molecule has 0 saturated heterocycles. The van der Waals surface area contributed by atoms with Gasteiger partial charge in [-0.2, -0.15) is 5.10 Å². The van der Waals surface area contributed by atoms with Crippen molar-refractivity contribution in [3.8, 4) is 0 Å². The molecule has 1 N–H and O–H groups in total. The number of rotatable bonds is 7. The van der Waals surface area contributed by atoms with Gasteiger partial charge in [0.2, 0.25) is 0 Å². The molecule has 0 bridgehead atoms. The molecule has 1 atom stereocenters. The number of benzene rings is 2. The van der Waals surface area contributed by atoms with Gasteiger partial charge in [-0.15, -0.1) is 5.10 Å². The predicted molar refractivity (Wildman–Crippen MR) is 117 cm³/mol. The fourth-order valence-corrected chi connectivity index (χ4v) is 3.32. The third kappa shape index (κ3) is 6.30. The van der Waals surface area contributed by atoms with Gasteiger partial charge in [0.05, 0.1) is 5.69 Å². The van der Waals surface area contributed by atoms with Crippen molar-refractivity contribution in [3.63, 3.8) is 0 Å². The summed E-state index contributed by atoms with van der Waals surface area (Å²) in [6, 6.07) is 18.7. The Bertz CT molecular complexity index is 805. The highest BCUT2D eigenvalue weighted by Gasteiger charge is 2.18. The Balaban J connectivity index is 0.000000817. The molecule has 1 aromatic heterocycles. The molecule has 144 valence electrons. The Labute approximate surface area is 168 Å². The van der Waals surface area contributed by atoms with E-state index in [0.29, 0.717) is 11.1 Å². The zero-order chi connectivity index (χ0) is 19.5. The predicted octanol–water partition coefficient (Wildman–Crippen LogP) is 6.03. The number of hydrogen-bond acceptors (Lipinski definition) is 3. The summed E-state index contributed by atoms with van der Waals surface area (Å²) in [4.78, 5) is 0. The van der Waals surface area contributed by atoms with Crippen LogP contribution < -0.4 is 5.32 Å². The van der Waals surface area contributed by atoms with E-state index in [4.69, 9.17) is 11.6 Å². The van der Waals surface area contributed by atoms with Crippen molar-refractivity contribution in [2.24, 2.45) is 0 Å². The molecule has 0 aliphatic carbocycles. The van der Waals surface area contributed by atoms with Crippen LogP contribution in [-0.2, 0) is 6.42 Å². The number of aromatic nitrogens is 2. The lowest BCUT2D eigenvalue weighted by Crippen LogP contribution is -2.14. The van der Waals surface area contributed by atoms with Crippen LogP contribution in [0.15, 0.2) is 54.6 Å². The summed E-state index contributed by atoms with van der Waals surface area (Å²) in [5.41, 5.74) is 2.42. The Morgan fingerprint density at radius 2 is 1.52 bits per heavy atom. The second kappa shape index (κ2) is 11.7. The lowest BCUT2D eigenvalue weighted by atomic mass is 9.91. The van der Waals surface area contributed by atoms with Crippen LogP contribution in [0.1, 0.15) is 50.3 Å². The van der Waals surface area contributed by atoms with Crippen LogP contribution in [0.3, 0.4) is 0 Å². The summed E-state index contributed by atoms with van der Waals surface area (Å²) >= 11 is 6.23. The van der Waals surface area contributed by atoms with Gasteiger partial charge in [0.1, 0.15) is 0 Å². The molecule has 27 heavy (non-hydrogen) atoms. The van der Waals surface area contributed by atoms with E-state index in [0.717, 1.165) is 42.3 Å². The summed E-state index contributed by atoms with van der Waals surface area (Å²) < 4.78 is 0. The minimum Gasteiger partial charge on any atom is -0.320 e. The first kappa shape index (κ1) is 21.3. The molecule has 3 nitrogen and oxygen atoms in total. The highest BCUT2D eigenvalue weighted by atomic mass is 35.5. The summed E-state index contributed by atoms with van der Waals surface area (Å²) in [5, 5.41) is 14.5. The number of hydrogen-bond donors (Lipinski definition) is 1. The minimum absolute atomic E-state index is 0.354. The maximum absolute atomic E-state index is 6.23. The van der Waals surface area contributed by atoms with Crippen molar-refractivity contribution in [2.75, 3.05) is 13.6 Å². The van der Waals surface area contributed by atoms with E-state index in [2.05, 4.69) is 65.8 Å². The van der Waals surface area contributed by atoms with Gasteiger partial charge in [0.15, 0.2) is 5.15 Å². The Kier molecular flexibility index (Phi) is 9.23. The number of halogens is 1. The number of aryl methyl sites for hydroxylation is 1. The van der Waals surface area contributed by atoms with Crippen LogP contribution in [0.4, 0.5) is 0 Å². The molecule has 1 unspecified atom stereocenters. The molecular weight excluding hydrogens is 354 g/mol. The van der Waals surface area contributed by atoms with Crippen LogP contribution in [0.25, 0.3) is 10.8 Å². The molecule has 1 heterocycles. The summed E-state index contributed by atoms with van der Waals surface area (Å²) in [6.45, 7) is 5.21. The van der Waals surface area contributed by atoms with E-state index in [-0.39, 0.29) is 0 Å². The van der Waals surface area contributed by atoms with Gasteiger partial charge in [-0.05, 0) is 38.4 Å². The van der Waals surface area contributed by atoms with Crippen LogP contribution in [0.2, 0.25) is 5.15 Å². The van der Waals surface area contributed by atoms with Crippen molar-refractivity contribution in [1.82, 2.24) is 15.5 Å². The van der Waals surface area contributed by atoms with E-state index < -0.39 is 0 Å². The average molecular weight is 384 g/mol. The molecule has 3 aromatic rings. The molecule has 0 saturated carbocycles. The third-order valence-electron chi connectivity index (χ3n) is 4.42. The van der Waals surface area contributed by atoms with Gasteiger partial charge in [0.25, 0.3) is 0 Å². The van der Waals surface area contributed by atoms with Crippen LogP contribution in [0, 0.1) is 0 Å². The highest BCUT2D eigenvalue weighted by molar-refractivity contribution is 6.34. The zero-order valence-electron chi connectivity index (χ0n) is 16.6. The van der Waals surface area contributed by atoms with Gasteiger partial charge < -0.3 is 5.32 Å². The van der Waals surface area contributed by atoms with Gasteiger partial charge in [0, 0.05) is 16.7 Å². The number of nitrogens with zero attached hydrogens (tertiary/aromatic N) is 2. The molecule has 3 rings (SSSR count). The first-order valence-electron chi connectivity index (χ1n) is 9.80. The standard InChI is InChI=1S/C20H22ClN3.C3H8/c1-22-14-13-16(12-11-15-7-3-2-4-8-15)19-17-9-5-6-10-18(17)20(21)24-23-19;1-3-2/h2-10,16,22H,11-14H2,1H3;3H2,1-2H3. The fraction of sp³-hybridized carbons (Fsp3) is 0.391.